The van der Waals surface area contributed by atoms with Crippen LogP contribution in [-0.4, -0.2) is 21.0 Å². The number of carbonyl (C=O) groups is 1. The van der Waals surface area contributed by atoms with Gasteiger partial charge in [-0.25, -0.2) is 9.37 Å². The van der Waals surface area contributed by atoms with Gasteiger partial charge in [0, 0.05) is 12.5 Å². The Bertz CT molecular complexity index is 772. The monoisotopic (exact) mass is 333 g/mol. The van der Waals surface area contributed by atoms with Crippen molar-refractivity contribution in [2.75, 3.05) is 0 Å². The Balaban J connectivity index is 2.18. The van der Waals surface area contributed by atoms with Crippen LogP contribution in [0.15, 0.2) is 29.1 Å². The standard InChI is InChI=1S/C17H20FN3O3/c1-3-4-10(2)15-20-13(14(22)17(24)21-15)16(23)19-9-11-5-7-12(18)8-6-11/h5-8,10,22H,3-4,9H2,1-2H3,(H,19,23)(H,20,21,24). The predicted octanol–water partition coefficient (Wildman–Crippen LogP) is 2.45. The number of aromatic nitrogens is 2. The van der Waals surface area contributed by atoms with E-state index in [0.717, 1.165) is 12.8 Å². The maximum atomic E-state index is 12.9. The summed E-state index contributed by atoms with van der Waals surface area (Å²) in [6, 6.07) is 5.65. The molecule has 0 aliphatic carbocycles. The third kappa shape index (κ3) is 4.18. The van der Waals surface area contributed by atoms with Crippen LogP contribution in [-0.2, 0) is 6.54 Å². The van der Waals surface area contributed by atoms with Crippen molar-refractivity contribution in [1.29, 1.82) is 0 Å². The summed E-state index contributed by atoms with van der Waals surface area (Å²) in [5, 5.41) is 12.4. The van der Waals surface area contributed by atoms with Gasteiger partial charge in [0.15, 0.2) is 5.69 Å². The zero-order chi connectivity index (χ0) is 17.7. The molecule has 2 rings (SSSR count). The molecule has 1 aromatic heterocycles. The molecule has 0 saturated heterocycles. The quantitative estimate of drug-likeness (QED) is 0.757. The first-order valence-electron chi connectivity index (χ1n) is 7.78. The van der Waals surface area contributed by atoms with Gasteiger partial charge in [-0.3, -0.25) is 9.59 Å². The van der Waals surface area contributed by atoms with Gasteiger partial charge < -0.3 is 15.4 Å². The van der Waals surface area contributed by atoms with Gasteiger partial charge >= 0.3 is 0 Å². The predicted molar refractivity (Wildman–Crippen MR) is 87.4 cm³/mol. The first-order valence-corrected chi connectivity index (χ1v) is 7.78. The average molecular weight is 333 g/mol. The maximum absolute atomic E-state index is 12.9. The van der Waals surface area contributed by atoms with E-state index < -0.39 is 17.2 Å². The van der Waals surface area contributed by atoms with E-state index in [0.29, 0.717) is 11.4 Å². The molecule has 1 heterocycles. The molecule has 7 heteroatoms. The molecule has 0 fully saturated rings. The number of H-pyrrole nitrogens is 1. The lowest BCUT2D eigenvalue weighted by molar-refractivity contribution is 0.0942. The molecule has 6 nitrogen and oxygen atoms in total. The lowest BCUT2D eigenvalue weighted by atomic mass is 10.1. The molecule has 2 aromatic rings. The fourth-order valence-corrected chi connectivity index (χ4v) is 2.31. The van der Waals surface area contributed by atoms with Gasteiger partial charge in [-0.15, -0.1) is 0 Å². The van der Waals surface area contributed by atoms with Crippen molar-refractivity contribution in [3.8, 4) is 5.75 Å². The summed E-state index contributed by atoms with van der Waals surface area (Å²) >= 11 is 0. The van der Waals surface area contributed by atoms with Gasteiger partial charge in [0.25, 0.3) is 11.5 Å². The van der Waals surface area contributed by atoms with Crippen molar-refractivity contribution >= 4 is 5.91 Å². The fraction of sp³-hybridized carbons (Fsp3) is 0.353. The van der Waals surface area contributed by atoms with Crippen molar-refractivity contribution in [3.05, 3.63) is 57.5 Å². The molecule has 1 unspecified atom stereocenters. The number of amides is 1. The van der Waals surface area contributed by atoms with E-state index in [4.69, 9.17) is 0 Å². The third-order valence-electron chi connectivity index (χ3n) is 3.68. The van der Waals surface area contributed by atoms with E-state index in [-0.39, 0.29) is 24.0 Å². The molecule has 0 radical (unpaired) electrons. The number of nitrogens with one attached hydrogen (secondary N) is 2. The molecular weight excluding hydrogens is 313 g/mol. The van der Waals surface area contributed by atoms with Crippen LogP contribution in [0, 0.1) is 5.82 Å². The van der Waals surface area contributed by atoms with Gasteiger partial charge in [0.2, 0.25) is 5.75 Å². The van der Waals surface area contributed by atoms with Crippen LogP contribution in [0.1, 0.15) is 54.5 Å². The smallest absolute Gasteiger partial charge is 0.293 e. The Morgan fingerprint density at radius 1 is 1.38 bits per heavy atom. The maximum Gasteiger partial charge on any atom is 0.293 e. The highest BCUT2D eigenvalue weighted by Gasteiger charge is 2.19. The van der Waals surface area contributed by atoms with Gasteiger partial charge in [0.1, 0.15) is 11.6 Å². The van der Waals surface area contributed by atoms with Gasteiger partial charge in [0.05, 0.1) is 0 Å². The number of aromatic amines is 1. The Kier molecular flexibility index (Phi) is 5.68. The van der Waals surface area contributed by atoms with Crippen LogP contribution in [0.2, 0.25) is 0 Å². The highest BCUT2D eigenvalue weighted by Crippen LogP contribution is 2.18. The molecule has 24 heavy (non-hydrogen) atoms. The molecule has 128 valence electrons. The number of benzene rings is 1. The molecule has 3 N–H and O–H groups in total. The molecule has 1 amide bonds. The second kappa shape index (κ2) is 7.72. The van der Waals surface area contributed by atoms with Crippen LogP contribution in [0.5, 0.6) is 5.75 Å². The highest BCUT2D eigenvalue weighted by atomic mass is 19.1. The first-order chi connectivity index (χ1) is 11.4. The zero-order valence-corrected chi connectivity index (χ0v) is 13.6. The summed E-state index contributed by atoms with van der Waals surface area (Å²) in [4.78, 5) is 30.6. The highest BCUT2D eigenvalue weighted by molar-refractivity contribution is 5.94. The van der Waals surface area contributed by atoms with Crippen molar-refractivity contribution in [2.45, 2.75) is 39.2 Å². The Hall–Kier alpha value is -2.70. The number of carbonyl (C=O) groups excluding carboxylic acids is 1. The number of halogens is 1. The minimum Gasteiger partial charge on any atom is -0.501 e. The van der Waals surface area contributed by atoms with Gasteiger partial charge in [-0.1, -0.05) is 32.4 Å². The summed E-state index contributed by atoms with van der Waals surface area (Å²) in [6.07, 6.45) is 1.70. The van der Waals surface area contributed by atoms with Crippen LogP contribution >= 0.6 is 0 Å². The Morgan fingerprint density at radius 3 is 2.67 bits per heavy atom. The average Bonchev–Trinajstić information content (AvgIpc) is 2.56. The molecule has 1 aromatic carbocycles. The topological polar surface area (TPSA) is 95.1 Å². The fourth-order valence-electron chi connectivity index (χ4n) is 2.31. The van der Waals surface area contributed by atoms with Crippen LogP contribution in [0.3, 0.4) is 0 Å². The first kappa shape index (κ1) is 17.7. The van der Waals surface area contributed by atoms with Crippen molar-refractivity contribution < 1.29 is 14.3 Å². The van der Waals surface area contributed by atoms with Crippen molar-refractivity contribution in [1.82, 2.24) is 15.3 Å². The van der Waals surface area contributed by atoms with E-state index >= 15 is 0 Å². The number of aromatic hydroxyl groups is 1. The summed E-state index contributed by atoms with van der Waals surface area (Å²) in [5.74, 6) is -1.40. The van der Waals surface area contributed by atoms with E-state index in [1.165, 1.54) is 24.3 Å². The number of nitrogens with zero attached hydrogens (tertiary/aromatic N) is 1. The second-order valence-corrected chi connectivity index (χ2v) is 5.65. The molecule has 0 aliphatic rings. The van der Waals surface area contributed by atoms with Crippen LogP contribution in [0.25, 0.3) is 0 Å². The number of rotatable bonds is 6. The van der Waals surface area contributed by atoms with E-state index in [2.05, 4.69) is 15.3 Å². The van der Waals surface area contributed by atoms with Crippen LogP contribution < -0.4 is 10.9 Å². The summed E-state index contributed by atoms with van der Waals surface area (Å²) < 4.78 is 12.9. The molecular formula is C17H20FN3O3. The number of hydrogen-bond acceptors (Lipinski definition) is 4. The Labute approximate surface area is 138 Å². The van der Waals surface area contributed by atoms with Crippen molar-refractivity contribution in [3.63, 3.8) is 0 Å². The summed E-state index contributed by atoms with van der Waals surface area (Å²) in [5.41, 5.74) is -0.359. The molecule has 0 saturated carbocycles. The number of hydrogen-bond donors (Lipinski definition) is 3. The normalized spacial score (nSPS) is 12.0. The molecule has 0 spiro atoms. The largest absolute Gasteiger partial charge is 0.501 e. The third-order valence-corrected chi connectivity index (χ3v) is 3.68. The van der Waals surface area contributed by atoms with Gasteiger partial charge in [-0.05, 0) is 24.1 Å². The zero-order valence-electron chi connectivity index (χ0n) is 13.6. The lowest BCUT2D eigenvalue weighted by Gasteiger charge is -2.12. The Morgan fingerprint density at radius 2 is 2.04 bits per heavy atom. The molecule has 0 bridgehead atoms. The van der Waals surface area contributed by atoms with Gasteiger partial charge in [-0.2, -0.15) is 0 Å². The second-order valence-electron chi connectivity index (χ2n) is 5.65. The minimum absolute atomic E-state index is 0.0352. The molecule has 0 aliphatic heterocycles. The van der Waals surface area contributed by atoms with E-state index in [1.54, 1.807) is 0 Å². The SMILES string of the molecule is CCCC(C)c1nc(C(=O)NCc2ccc(F)cc2)c(O)c(=O)[nH]1. The van der Waals surface area contributed by atoms with E-state index in [1.807, 2.05) is 13.8 Å². The molecule has 1 atom stereocenters. The van der Waals surface area contributed by atoms with Crippen molar-refractivity contribution in [2.24, 2.45) is 0 Å². The van der Waals surface area contributed by atoms with Crippen LogP contribution in [0.4, 0.5) is 4.39 Å². The summed E-state index contributed by atoms with van der Waals surface area (Å²) in [7, 11) is 0. The minimum atomic E-state index is -0.741. The summed E-state index contributed by atoms with van der Waals surface area (Å²) in [6.45, 7) is 4.03. The van der Waals surface area contributed by atoms with E-state index in [9.17, 15) is 19.1 Å². The lowest BCUT2D eigenvalue weighted by Crippen LogP contribution is -2.27.